The van der Waals surface area contributed by atoms with E-state index in [-0.39, 0.29) is 0 Å². The van der Waals surface area contributed by atoms with Crippen molar-refractivity contribution in [3.63, 3.8) is 0 Å². The Morgan fingerprint density at radius 3 is 2.67 bits per heavy atom. The number of aromatic nitrogens is 2. The van der Waals surface area contributed by atoms with Crippen molar-refractivity contribution in [2.45, 2.75) is 13.0 Å². The Kier molecular flexibility index (Phi) is 3.73. The summed E-state index contributed by atoms with van der Waals surface area (Å²) in [5.74, 6) is 0.914. The topological polar surface area (TPSA) is 55.2 Å². The lowest BCUT2D eigenvalue weighted by atomic mass is 10.2. The van der Waals surface area contributed by atoms with Crippen molar-refractivity contribution in [2.75, 3.05) is 0 Å². The Bertz CT molecular complexity index is 790. The molecule has 0 saturated carbocycles. The van der Waals surface area contributed by atoms with Gasteiger partial charge in [-0.1, -0.05) is 11.6 Å². The van der Waals surface area contributed by atoms with Crippen LogP contribution in [-0.2, 0) is 0 Å². The van der Waals surface area contributed by atoms with Gasteiger partial charge in [-0.25, -0.2) is 4.98 Å². The van der Waals surface area contributed by atoms with Crippen LogP contribution in [0.5, 0.6) is 11.6 Å². The van der Waals surface area contributed by atoms with E-state index < -0.39 is 6.10 Å². The molecule has 0 bridgehead atoms. The second kappa shape index (κ2) is 5.68. The van der Waals surface area contributed by atoms with Crippen molar-refractivity contribution in [1.29, 1.82) is 0 Å². The van der Waals surface area contributed by atoms with E-state index in [0.717, 1.165) is 5.39 Å². The van der Waals surface area contributed by atoms with Gasteiger partial charge in [-0.3, -0.25) is 4.98 Å². The standard InChI is InChI=1S/C16H13ClN2O2/c1-10(20)11-4-2-9-19-16(11)21-14-7-6-13(17)12-5-3-8-18-15(12)14/h2-10,20H,1H3/t10-/m0/s1. The normalized spacial score (nSPS) is 12.3. The molecule has 5 heteroatoms. The molecule has 0 aliphatic rings. The minimum atomic E-state index is -0.666. The van der Waals surface area contributed by atoms with Gasteiger partial charge in [0.15, 0.2) is 5.75 Å². The molecule has 1 atom stereocenters. The van der Waals surface area contributed by atoms with E-state index in [1.165, 1.54) is 0 Å². The summed E-state index contributed by atoms with van der Waals surface area (Å²) in [4.78, 5) is 8.49. The first kappa shape index (κ1) is 13.8. The fourth-order valence-electron chi connectivity index (χ4n) is 2.10. The maximum Gasteiger partial charge on any atom is 0.225 e. The average molecular weight is 301 g/mol. The number of hydrogen-bond donors (Lipinski definition) is 1. The SMILES string of the molecule is C[C@H](O)c1cccnc1Oc1ccc(Cl)c2cccnc12. The number of hydrogen-bond acceptors (Lipinski definition) is 4. The van der Waals surface area contributed by atoms with Gasteiger partial charge < -0.3 is 9.84 Å². The summed E-state index contributed by atoms with van der Waals surface area (Å²) in [7, 11) is 0. The maximum atomic E-state index is 9.78. The van der Waals surface area contributed by atoms with E-state index in [1.807, 2.05) is 12.1 Å². The number of ether oxygens (including phenoxy) is 1. The quantitative estimate of drug-likeness (QED) is 0.790. The van der Waals surface area contributed by atoms with Crippen LogP contribution in [0.25, 0.3) is 10.9 Å². The number of benzene rings is 1. The molecule has 1 aromatic carbocycles. The summed E-state index contributed by atoms with van der Waals surface area (Å²) in [6.45, 7) is 1.67. The zero-order valence-electron chi connectivity index (χ0n) is 11.3. The predicted molar refractivity (Wildman–Crippen MR) is 81.7 cm³/mol. The Morgan fingerprint density at radius 1 is 1.10 bits per heavy atom. The number of fused-ring (bicyclic) bond motifs is 1. The molecular weight excluding hydrogens is 288 g/mol. The number of halogens is 1. The van der Waals surface area contributed by atoms with E-state index in [9.17, 15) is 5.11 Å². The van der Waals surface area contributed by atoms with Crippen molar-refractivity contribution in [1.82, 2.24) is 9.97 Å². The van der Waals surface area contributed by atoms with Gasteiger partial charge in [0.1, 0.15) is 5.52 Å². The Morgan fingerprint density at radius 2 is 1.86 bits per heavy atom. The second-order valence-corrected chi connectivity index (χ2v) is 5.03. The first-order valence-corrected chi connectivity index (χ1v) is 6.88. The molecule has 2 heterocycles. The fraction of sp³-hybridized carbons (Fsp3) is 0.125. The van der Waals surface area contributed by atoms with Crippen LogP contribution >= 0.6 is 11.6 Å². The molecule has 0 amide bonds. The minimum absolute atomic E-state index is 0.363. The van der Waals surface area contributed by atoms with Gasteiger partial charge in [-0.05, 0) is 43.3 Å². The average Bonchev–Trinajstić information content (AvgIpc) is 2.51. The molecule has 0 aliphatic heterocycles. The zero-order valence-corrected chi connectivity index (χ0v) is 12.1. The van der Waals surface area contributed by atoms with E-state index in [2.05, 4.69) is 9.97 Å². The third-order valence-corrected chi connectivity index (χ3v) is 3.47. The van der Waals surface area contributed by atoms with Crippen LogP contribution in [0.4, 0.5) is 0 Å². The second-order valence-electron chi connectivity index (χ2n) is 4.62. The Labute approximate surface area is 127 Å². The van der Waals surface area contributed by atoms with Crippen molar-refractivity contribution in [3.05, 3.63) is 59.4 Å². The fourth-order valence-corrected chi connectivity index (χ4v) is 2.32. The van der Waals surface area contributed by atoms with E-state index in [4.69, 9.17) is 16.3 Å². The highest BCUT2D eigenvalue weighted by molar-refractivity contribution is 6.35. The number of pyridine rings is 2. The van der Waals surface area contributed by atoms with Crippen LogP contribution in [0.2, 0.25) is 5.02 Å². The molecule has 3 rings (SSSR count). The van der Waals surface area contributed by atoms with E-state index in [0.29, 0.717) is 27.7 Å². The number of nitrogens with zero attached hydrogens (tertiary/aromatic N) is 2. The molecule has 0 radical (unpaired) electrons. The molecule has 3 aromatic rings. The van der Waals surface area contributed by atoms with Gasteiger partial charge in [-0.2, -0.15) is 0 Å². The highest BCUT2D eigenvalue weighted by Crippen LogP contribution is 2.34. The van der Waals surface area contributed by atoms with Crippen molar-refractivity contribution >= 4 is 22.5 Å². The maximum absolute atomic E-state index is 9.78. The van der Waals surface area contributed by atoms with Gasteiger partial charge >= 0.3 is 0 Å². The highest BCUT2D eigenvalue weighted by atomic mass is 35.5. The Balaban J connectivity index is 2.09. The van der Waals surface area contributed by atoms with Crippen LogP contribution in [0.1, 0.15) is 18.6 Å². The molecular formula is C16H13ClN2O2. The summed E-state index contributed by atoms with van der Waals surface area (Å²) < 4.78 is 5.85. The summed E-state index contributed by atoms with van der Waals surface area (Å²) in [5, 5.41) is 11.2. The van der Waals surface area contributed by atoms with Crippen LogP contribution in [-0.4, -0.2) is 15.1 Å². The lowest BCUT2D eigenvalue weighted by molar-refractivity contribution is 0.194. The molecule has 0 spiro atoms. The summed E-state index contributed by atoms with van der Waals surface area (Å²) in [6.07, 6.45) is 2.63. The van der Waals surface area contributed by atoms with Gasteiger partial charge in [0.05, 0.1) is 11.1 Å². The zero-order chi connectivity index (χ0) is 14.8. The predicted octanol–water partition coefficient (Wildman–Crippen LogP) is 4.13. The van der Waals surface area contributed by atoms with Gasteiger partial charge in [0, 0.05) is 23.3 Å². The third kappa shape index (κ3) is 2.68. The van der Waals surface area contributed by atoms with Crippen LogP contribution in [0.3, 0.4) is 0 Å². The Hall–Kier alpha value is -2.17. The molecule has 2 aromatic heterocycles. The molecule has 0 saturated heterocycles. The first-order chi connectivity index (χ1) is 10.2. The monoisotopic (exact) mass is 300 g/mol. The number of aliphatic hydroxyl groups excluding tert-OH is 1. The van der Waals surface area contributed by atoms with Crippen molar-refractivity contribution < 1.29 is 9.84 Å². The molecule has 0 aliphatic carbocycles. The van der Waals surface area contributed by atoms with Crippen LogP contribution < -0.4 is 4.74 Å². The lowest BCUT2D eigenvalue weighted by Crippen LogP contribution is -1.98. The molecule has 1 N–H and O–H groups in total. The molecule has 4 nitrogen and oxygen atoms in total. The lowest BCUT2D eigenvalue weighted by Gasteiger charge is -2.13. The molecule has 106 valence electrons. The summed E-state index contributed by atoms with van der Waals surface area (Å²) in [6, 6.07) is 10.7. The van der Waals surface area contributed by atoms with Gasteiger partial charge in [0.25, 0.3) is 0 Å². The van der Waals surface area contributed by atoms with E-state index >= 15 is 0 Å². The summed E-state index contributed by atoms with van der Waals surface area (Å²) >= 11 is 6.16. The summed E-state index contributed by atoms with van der Waals surface area (Å²) in [5.41, 5.74) is 1.28. The molecule has 0 unspecified atom stereocenters. The molecule has 0 fully saturated rings. The van der Waals surface area contributed by atoms with E-state index in [1.54, 1.807) is 43.6 Å². The highest BCUT2D eigenvalue weighted by Gasteiger charge is 2.13. The van der Waals surface area contributed by atoms with Crippen LogP contribution in [0, 0.1) is 0 Å². The van der Waals surface area contributed by atoms with Crippen molar-refractivity contribution in [3.8, 4) is 11.6 Å². The number of aliphatic hydroxyl groups is 1. The van der Waals surface area contributed by atoms with Gasteiger partial charge in [0.2, 0.25) is 5.88 Å². The smallest absolute Gasteiger partial charge is 0.225 e. The number of rotatable bonds is 3. The largest absolute Gasteiger partial charge is 0.436 e. The van der Waals surface area contributed by atoms with Crippen molar-refractivity contribution in [2.24, 2.45) is 0 Å². The van der Waals surface area contributed by atoms with Gasteiger partial charge in [-0.15, -0.1) is 0 Å². The minimum Gasteiger partial charge on any atom is -0.436 e. The van der Waals surface area contributed by atoms with Crippen LogP contribution in [0.15, 0.2) is 48.8 Å². The molecule has 21 heavy (non-hydrogen) atoms. The first-order valence-electron chi connectivity index (χ1n) is 6.51. The third-order valence-electron chi connectivity index (χ3n) is 3.14.